The average Bonchev–Trinajstić information content (AvgIpc) is 3.19. The third-order valence-electron chi connectivity index (χ3n) is 9.58. The zero-order valence-electron chi connectivity index (χ0n) is 20.0. The fourth-order valence-corrected chi connectivity index (χ4v) is 7.96. The number of carbonyl (C=O) groups excluding carboxylic acids is 1. The van der Waals surface area contributed by atoms with Crippen molar-refractivity contribution < 1.29 is 4.79 Å². The second kappa shape index (κ2) is 7.30. The van der Waals surface area contributed by atoms with E-state index < -0.39 is 0 Å². The first-order chi connectivity index (χ1) is 15.8. The molecule has 4 bridgehead atoms. The molecule has 0 radical (unpaired) electrons. The van der Waals surface area contributed by atoms with Crippen LogP contribution < -0.4 is 5.73 Å². The Morgan fingerprint density at radius 3 is 2.39 bits per heavy atom. The van der Waals surface area contributed by atoms with Crippen molar-refractivity contribution in [2.75, 3.05) is 13.1 Å². The number of carbonyl (C=O) groups is 1. The number of piperidine rings is 1. The lowest BCUT2D eigenvalue weighted by Crippen LogP contribution is -2.57. The van der Waals surface area contributed by atoms with Crippen LogP contribution in [-0.4, -0.2) is 29.9 Å². The second-order valence-electron chi connectivity index (χ2n) is 12.0. The summed E-state index contributed by atoms with van der Waals surface area (Å²) in [5.74, 6) is 1.26. The van der Waals surface area contributed by atoms with Crippen molar-refractivity contribution in [3.63, 3.8) is 0 Å². The molecule has 2 N–H and O–H groups in total. The zero-order valence-corrected chi connectivity index (χ0v) is 20.0. The lowest BCUT2D eigenvalue weighted by Gasteiger charge is -2.47. The first-order valence-electron chi connectivity index (χ1n) is 12.7. The minimum Gasteiger partial charge on any atom is -0.342 e. The molecule has 0 aromatic heterocycles. The molecule has 33 heavy (non-hydrogen) atoms. The lowest BCUT2D eigenvalue weighted by molar-refractivity contribution is -0.147. The predicted octanol–water partition coefficient (Wildman–Crippen LogP) is 5.41. The van der Waals surface area contributed by atoms with Gasteiger partial charge in [0.15, 0.2) is 0 Å². The Kier molecular flexibility index (Phi) is 4.68. The molecular formula is C30H36N2O. The number of nitrogens with two attached hydrogens (primary N) is 1. The van der Waals surface area contributed by atoms with Crippen LogP contribution in [0.1, 0.15) is 57.1 Å². The van der Waals surface area contributed by atoms with Crippen molar-refractivity contribution in [2.24, 2.45) is 28.4 Å². The van der Waals surface area contributed by atoms with E-state index in [1.807, 2.05) is 0 Å². The SMILES string of the molecule is CC1(C)CN(C(=O)C23CC4CC(c5ccccc5)(CC2/C4=C\c2ccccc2)C3)CC[C@@H]1N. The van der Waals surface area contributed by atoms with E-state index in [0.717, 1.165) is 38.8 Å². The molecule has 1 saturated heterocycles. The summed E-state index contributed by atoms with van der Waals surface area (Å²) in [5.41, 5.74) is 10.5. The van der Waals surface area contributed by atoms with Gasteiger partial charge in [-0.15, -0.1) is 0 Å². The first-order valence-corrected chi connectivity index (χ1v) is 12.7. The third kappa shape index (κ3) is 3.15. The number of rotatable bonds is 3. The summed E-state index contributed by atoms with van der Waals surface area (Å²) in [7, 11) is 0. The number of benzene rings is 2. The van der Waals surface area contributed by atoms with Gasteiger partial charge in [0.05, 0.1) is 5.41 Å². The highest BCUT2D eigenvalue weighted by molar-refractivity contribution is 5.86. The maximum absolute atomic E-state index is 14.4. The molecule has 2 aromatic carbocycles. The number of allylic oxidation sites excluding steroid dienone is 1. The molecule has 7 rings (SSSR count). The highest BCUT2D eigenvalue weighted by Crippen LogP contribution is 2.73. The van der Waals surface area contributed by atoms with E-state index in [1.165, 1.54) is 23.1 Å². The van der Waals surface area contributed by atoms with E-state index in [4.69, 9.17) is 5.73 Å². The summed E-state index contributed by atoms with van der Waals surface area (Å²) in [4.78, 5) is 16.6. The van der Waals surface area contributed by atoms with Crippen LogP contribution in [0.25, 0.3) is 6.08 Å². The Bertz CT molecular complexity index is 1090. The van der Waals surface area contributed by atoms with E-state index >= 15 is 0 Å². The summed E-state index contributed by atoms with van der Waals surface area (Å²) < 4.78 is 0. The van der Waals surface area contributed by atoms with Crippen LogP contribution in [0.3, 0.4) is 0 Å². The molecule has 3 nitrogen and oxygen atoms in total. The summed E-state index contributed by atoms with van der Waals surface area (Å²) in [6.07, 6.45) is 7.62. The summed E-state index contributed by atoms with van der Waals surface area (Å²) in [6, 6.07) is 21.9. The zero-order chi connectivity index (χ0) is 22.8. The van der Waals surface area contributed by atoms with Crippen molar-refractivity contribution in [3.05, 3.63) is 77.4 Å². The van der Waals surface area contributed by atoms with Gasteiger partial charge >= 0.3 is 0 Å². The molecule has 172 valence electrons. The molecule has 1 amide bonds. The van der Waals surface area contributed by atoms with Crippen LogP contribution in [0.4, 0.5) is 0 Å². The fraction of sp³-hybridized carbons (Fsp3) is 0.500. The van der Waals surface area contributed by atoms with E-state index in [0.29, 0.717) is 17.7 Å². The highest BCUT2D eigenvalue weighted by atomic mass is 16.2. The van der Waals surface area contributed by atoms with Gasteiger partial charge in [-0.2, -0.15) is 0 Å². The minimum atomic E-state index is -0.253. The van der Waals surface area contributed by atoms with Crippen molar-refractivity contribution >= 4 is 12.0 Å². The second-order valence-corrected chi connectivity index (χ2v) is 12.0. The van der Waals surface area contributed by atoms with E-state index in [9.17, 15) is 4.79 Å². The normalized spacial score (nSPS) is 37.6. The number of hydrogen-bond donors (Lipinski definition) is 1. The van der Waals surface area contributed by atoms with Crippen molar-refractivity contribution in [1.29, 1.82) is 0 Å². The maximum atomic E-state index is 14.4. The maximum Gasteiger partial charge on any atom is 0.229 e. The van der Waals surface area contributed by atoms with Gasteiger partial charge in [0.2, 0.25) is 5.91 Å². The first kappa shape index (κ1) is 21.2. The molecule has 4 aliphatic carbocycles. The molecule has 1 aliphatic heterocycles. The van der Waals surface area contributed by atoms with Gasteiger partial charge in [0.25, 0.3) is 0 Å². The molecule has 1 heterocycles. The summed E-state index contributed by atoms with van der Waals surface area (Å²) >= 11 is 0. The smallest absolute Gasteiger partial charge is 0.229 e. The highest BCUT2D eigenvalue weighted by Gasteiger charge is 2.69. The van der Waals surface area contributed by atoms with Gasteiger partial charge in [-0.3, -0.25) is 4.79 Å². The van der Waals surface area contributed by atoms with Crippen LogP contribution in [0.2, 0.25) is 0 Å². The van der Waals surface area contributed by atoms with Crippen LogP contribution in [-0.2, 0) is 10.2 Å². The molecule has 2 aromatic rings. The van der Waals surface area contributed by atoms with Gasteiger partial charge in [-0.25, -0.2) is 0 Å². The molecule has 0 spiro atoms. The third-order valence-corrected chi connectivity index (χ3v) is 9.58. The monoisotopic (exact) mass is 440 g/mol. The van der Waals surface area contributed by atoms with Gasteiger partial charge in [-0.05, 0) is 65.9 Å². The average molecular weight is 441 g/mol. The largest absolute Gasteiger partial charge is 0.342 e. The topological polar surface area (TPSA) is 46.3 Å². The van der Waals surface area contributed by atoms with Crippen molar-refractivity contribution in [2.45, 2.75) is 57.4 Å². The Morgan fingerprint density at radius 1 is 1.00 bits per heavy atom. The van der Waals surface area contributed by atoms with Gasteiger partial charge in [0, 0.05) is 19.1 Å². The molecule has 4 saturated carbocycles. The van der Waals surface area contributed by atoms with Gasteiger partial charge in [-0.1, -0.05) is 86.2 Å². The summed E-state index contributed by atoms with van der Waals surface area (Å²) in [5, 5.41) is 0. The quantitative estimate of drug-likeness (QED) is 0.693. The van der Waals surface area contributed by atoms with E-state index in [1.54, 1.807) is 0 Å². The Hall–Kier alpha value is -2.39. The molecule has 4 unspecified atom stereocenters. The minimum absolute atomic E-state index is 0.0278. The van der Waals surface area contributed by atoms with Crippen LogP contribution in [0.5, 0.6) is 0 Å². The fourth-order valence-electron chi connectivity index (χ4n) is 7.96. The standard InChI is InChI=1S/C30H36N2O/c1-28(2)20-32(14-13-26(28)31)27(33)30-17-22-16-29(19-30,23-11-7-4-8-12-23)18-25(30)24(22)15-21-9-5-3-6-10-21/h3-12,15,22,25-26H,13-14,16-20,31H2,1-2H3/b24-15-/t22?,25?,26-,29?,30?/m0/s1. The lowest BCUT2D eigenvalue weighted by atomic mass is 9.62. The number of likely N-dealkylation sites (tertiary alicyclic amines) is 1. The Labute approximate surface area is 198 Å². The predicted molar refractivity (Wildman–Crippen MR) is 133 cm³/mol. The molecular weight excluding hydrogens is 404 g/mol. The van der Waals surface area contributed by atoms with E-state index in [-0.39, 0.29) is 22.3 Å². The van der Waals surface area contributed by atoms with Crippen LogP contribution >= 0.6 is 0 Å². The number of nitrogens with zero attached hydrogens (tertiary/aromatic N) is 1. The molecule has 5 fully saturated rings. The van der Waals surface area contributed by atoms with Gasteiger partial charge < -0.3 is 10.6 Å². The van der Waals surface area contributed by atoms with Gasteiger partial charge in [0.1, 0.15) is 0 Å². The molecule has 3 heteroatoms. The molecule has 5 aliphatic rings. The Morgan fingerprint density at radius 2 is 1.70 bits per heavy atom. The van der Waals surface area contributed by atoms with Crippen LogP contribution in [0.15, 0.2) is 66.2 Å². The number of hydrogen-bond acceptors (Lipinski definition) is 2. The number of amides is 1. The Balaban J connectivity index is 1.40. The van der Waals surface area contributed by atoms with Crippen molar-refractivity contribution in [3.8, 4) is 0 Å². The van der Waals surface area contributed by atoms with E-state index in [2.05, 4.69) is 85.5 Å². The molecule has 5 atom stereocenters. The summed E-state index contributed by atoms with van der Waals surface area (Å²) in [6.45, 7) is 6.03. The van der Waals surface area contributed by atoms with Crippen LogP contribution in [0, 0.1) is 22.7 Å². The van der Waals surface area contributed by atoms with Crippen molar-refractivity contribution in [1.82, 2.24) is 4.90 Å².